The van der Waals surface area contributed by atoms with E-state index in [2.05, 4.69) is 20.4 Å². The van der Waals surface area contributed by atoms with Gasteiger partial charge in [-0.25, -0.2) is 0 Å². The molecule has 0 aromatic heterocycles. The van der Waals surface area contributed by atoms with Crippen LogP contribution in [0.3, 0.4) is 0 Å². The number of rotatable bonds is 9. The fraction of sp³-hybridized carbons (Fsp3) is 0.350. The minimum absolute atomic E-state index is 0.0310. The molecule has 0 aliphatic carbocycles. The first kappa shape index (κ1) is 20.5. The van der Waals surface area contributed by atoms with Gasteiger partial charge < -0.3 is 29.6 Å². The summed E-state index contributed by atoms with van der Waals surface area (Å²) in [6.07, 6.45) is 0.763. The number of hydrogen-bond donors (Lipinski definition) is 2. The molecule has 1 aliphatic heterocycles. The first-order valence-electron chi connectivity index (χ1n) is 9.15. The lowest BCUT2D eigenvalue weighted by Crippen LogP contribution is -2.37. The van der Waals surface area contributed by atoms with Crippen molar-refractivity contribution in [3.05, 3.63) is 48.0 Å². The summed E-state index contributed by atoms with van der Waals surface area (Å²) in [7, 11) is 1.63. The van der Waals surface area contributed by atoms with Crippen LogP contribution in [0.4, 0.5) is 8.78 Å². The summed E-state index contributed by atoms with van der Waals surface area (Å²) in [5.41, 5.74) is 0.505. The Morgan fingerprint density at radius 1 is 1.14 bits per heavy atom. The van der Waals surface area contributed by atoms with Crippen molar-refractivity contribution < 1.29 is 27.7 Å². The van der Waals surface area contributed by atoms with Gasteiger partial charge in [-0.15, -0.1) is 0 Å². The van der Waals surface area contributed by atoms with Crippen LogP contribution in [0.25, 0.3) is 0 Å². The van der Waals surface area contributed by atoms with Gasteiger partial charge in [-0.3, -0.25) is 4.99 Å². The molecule has 29 heavy (non-hydrogen) atoms. The van der Waals surface area contributed by atoms with Crippen molar-refractivity contribution in [3.8, 4) is 23.0 Å². The molecule has 0 bridgehead atoms. The first-order chi connectivity index (χ1) is 14.2. The van der Waals surface area contributed by atoms with Crippen LogP contribution in [0.2, 0.25) is 0 Å². The van der Waals surface area contributed by atoms with Gasteiger partial charge in [0.05, 0.1) is 6.61 Å². The van der Waals surface area contributed by atoms with Gasteiger partial charge in [-0.05, 0) is 24.6 Å². The standard InChI is InChI=1S/C20H23F2N3O4/c1-23-20(24-8-5-9-26-15-6-3-2-4-7-15)25-12-14-10-17-18(28-13-27-17)11-16(14)29-19(21)22/h2-4,6-7,10-11,19H,5,8-9,12-13H2,1H3,(H2,23,24,25). The van der Waals surface area contributed by atoms with Crippen LogP contribution >= 0.6 is 0 Å². The summed E-state index contributed by atoms with van der Waals surface area (Å²) in [4.78, 5) is 4.13. The highest BCUT2D eigenvalue weighted by molar-refractivity contribution is 5.79. The molecule has 0 spiro atoms. The maximum atomic E-state index is 12.7. The van der Waals surface area contributed by atoms with Crippen molar-refractivity contribution in [2.24, 2.45) is 4.99 Å². The van der Waals surface area contributed by atoms with Crippen molar-refractivity contribution in [1.82, 2.24) is 10.6 Å². The predicted octanol–water partition coefficient (Wildman–Crippen LogP) is 3.15. The normalized spacial score (nSPS) is 12.8. The average Bonchev–Trinajstić information content (AvgIpc) is 3.17. The number of aliphatic imine (C=N–C) groups is 1. The number of para-hydroxylation sites is 1. The van der Waals surface area contributed by atoms with Gasteiger partial charge in [0.2, 0.25) is 6.79 Å². The van der Waals surface area contributed by atoms with E-state index in [0.717, 1.165) is 12.2 Å². The molecular weight excluding hydrogens is 384 g/mol. The molecule has 0 saturated heterocycles. The van der Waals surface area contributed by atoms with Crippen LogP contribution in [0.5, 0.6) is 23.0 Å². The van der Waals surface area contributed by atoms with E-state index in [1.54, 1.807) is 13.1 Å². The first-order valence-corrected chi connectivity index (χ1v) is 9.15. The fourth-order valence-electron chi connectivity index (χ4n) is 2.69. The Morgan fingerprint density at radius 2 is 1.90 bits per heavy atom. The highest BCUT2D eigenvalue weighted by Gasteiger charge is 2.20. The van der Waals surface area contributed by atoms with Crippen molar-refractivity contribution in [3.63, 3.8) is 0 Å². The molecule has 0 radical (unpaired) electrons. The number of ether oxygens (including phenoxy) is 4. The van der Waals surface area contributed by atoms with Crippen LogP contribution in [-0.4, -0.2) is 39.6 Å². The van der Waals surface area contributed by atoms with E-state index in [0.29, 0.717) is 36.2 Å². The summed E-state index contributed by atoms with van der Waals surface area (Å²) in [5, 5.41) is 6.23. The van der Waals surface area contributed by atoms with Crippen molar-refractivity contribution in [1.29, 1.82) is 0 Å². The Kier molecular flexibility index (Phi) is 7.32. The molecule has 9 heteroatoms. The second-order valence-electron chi connectivity index (χ2n) is 6.06. The Hall–Kier alpha value is -3.23. The molecular formula is C20H23F2N3O4. The van der Waals surface area contributed by atoms with Crippen molar-refractivity contribution in [2.75, 3.05) is 27.0 Å². The summed E-state index contributed by atoms with van der Waals surface area (Å²) < 4.78 is 46.2. The molecule has 3 rings (SSSR count). The molecule has 0 atom stereocenters. The van der Waals surface area contributed by atoms with E-state index in [4.69, 9.17) is 14.2 Å². The number of hydrogen-bond acceptors (Lipinski definition) is 5. The van der Waals surface area contributed by atoms with Gasteiger partial charge in [0.1, 0.15) is 11.5 Å². The second kappa shape index (κ2) is 10.4. The lowest BCUT2D eigenvalue weighted by Gasteiger charge is -2.15. The van der Waals surface area contributed by atoms with Crippen LogP contribution in [0, 0.1) is 0 Å². The lowest BCUT2D eigenvalue weighted by atomic mass is 10.1. The predicted molar refractivity (Wildman–Crippen MR) is 104 cm³/mol. The number of halogens is 2. The number of nitrogens with one attached hydrogen (secondary N) is 2. The molecule has 0 saturated carbocycles. The fourth-order valence-corrected chi connectivity index (χ4v) is 2.69. The van der Waals surface area contributed by atoms with Gasteiger partial charge in [0, 0.05) is 31.8 Å². The summed E-state index contributed by atoms with van der Waals surface area (Å²) >= 11 is 0. The topological polar surface area (TPSA) is 73.3 Å². The molecule has 156 valence electrons. The third-order valence-corrected chi connectivity index (χ3v) is 4.07. The van der Waals surface area contributed by atoms with Gasteiger partial charge in [-0.1, -0.05) is 18.2 Å². The van der Waals surface area contributed by atoms with Crippen molar-refractivity contribution in [2.45, 2.75) is 19.6 Å². The Balaban J connectivity index is 1.47. The molecule has 1 aliphatic rings. The van der Waals surface area contributed by atoms with Crippen LogP contribution in [0.15, 0.2) is 47.5 Å². The molecule has 2 aromatic carbocycles. The van der Waals surface area contributed by atoms with Gasteiger partial charge in [0.15, 0.2) is 17.5 Å². The van der Waals surface area contributed by atoms with E-state index in [1.807, 2.05) is 30.3 Å². The molecule has 1 heterocycles. The quantitative estimate of drug-likeness (QED) is 0.378. The van der Waals surface area contributed by atoms with E-state index in [-0.39, 0.29) is 19.1 Å². The number of nitrogens with zero attached hydrogens (tertiary/aromatic N) is 1. The van der Waals surface area contributed by atoms with E-state index in [9.17, 15) is 8.78 Å². The van der Waals surface area contributed by atoms with Gasteiger partial charge in [0.25, 0.3) is 0 Å². The van der Waals surface area contributed by atoms with Gasteiger partial charge in [-0.2, -0.15) is 8.78 Å². The van der Waals surface area contributed by atoms with Gasteiger partial charge >= 0.3 is 6.61 Å². The van der Waals surface area contributed by atoms with Crippen LogP contribution < -0.4 is 29.6 Å². The number of guanidine groups is 1. The molecule has 0 unspecified atom stereocenters. The largest absolute Gasteiger partial charge is 0.494 e. The van der Waals surface area contributed by atoms with Crippen molar-refractivity contribution >= 4 is 5.96 Å². The third kappa shape index (κ3) is 6.13. The van der Waals surface area contributed by atoms with Crippen LogP contribution in [-0.2, 0) is 6.54 Å². The Labute approximate surface area is 167 Å². The number of alkyl halides is 2. The zero-order valence-electron chi connectivity index (χ0n) is 16.0. The molecule has 0 fully saturated rings. The third-order valence-electron chi connectivity index (χ3n) is 4.07. The molecule has 0 amide bonds. The lowest BCUT2D eigenvalue weighted by molar-refractivity contribution is -0.0505. The number of benzene rings is 2. The maximum absolute atomic E-state index is 12.7. The van der Waals surface area contributed by atoms with E-state index < -0.39 is 6.61 Å². The molecule has 2 N–H and O–H groups in total. The van der Waals surface area contributed by atoms with E-state index >= 15 is 0 Å². The Morgan fingerprint density at radius 3 is 2.62 bits per heavy atom. The van der Waals surface area contributed by atoms with Crippen LogP contribution in [0.1, 0.15) is 12.0 Å². The SMILES string of the molecule is CN=C(NCCCOc1ccccc1)NCc1cc2c(cc1OC(F)F)OCO2. The summed E-state index contributed by atoms with van der Waals surface area (Å²) in [5.74, 6) is 2.26. The monoisotopic (exact) mass is 407 g/mol. The second-order valence-corrected chi connectivity index (χ2v) is 6.06. The maximum Gasteiger partial charge on any atom is 0.387 e. The zero-order valence-corrected chi connectivity index (χ0v) is 16.0. The summed E-state index contributed by atoms with van der Waals surface area (Å²) in [6, 6.07) is 12.6. The molecule has 7 nitrogen and oxygen atoms in total. The molecule has 2 aromatic rings. The highest BCUT2D eigenvalue weighted by Crippen LogP contribution is 2.38. The Bertz CT molecular complexity index is 819. The smallest absolute Gasteiger partial charge is 0.387 e. The zero-order chi connectivity index (χ0) is 20.5. The number of fused-ring (bicyclic) bond motifs is 1. The van der Waals surface area contributed by atoms with E-state index in [1.165, 1.54) is 6.07 Å². The minimum Gasteiger partial charge on any atom is -0.494 e. The average molecular weight is 407 g/mol. The summed E-state index contributed by atoms with van der Waals surface area (Å²) in [6.45, 7) is -1.47. The highest BCUT2D eigenvalue weighted by atomic mass is 19.3. The minimum atomic E-state index is -2.93.